The first-order chi connectivity index (χ1) is 14.0. The predicted molar refractivity (Wildman–Crippen MR) is 108 cm³/mol. The lowest BCUT2D eigenvalue weighted by atomic mass is 9.94. The fourth-order valence-electron chi connectivity index (χ4n) is 3.57. The minimum Gasteiger partial charge on any atom is -0.466 e. The molecular weight excluding hydrogens is 394 g/mol. The van der Waals surface area contributed by atoms with Gasteiger partial charge in [-0.05, 0) is 35.4 Å². The molecule has 2 aromatic carbocycles. The first kappa shape index (κ1) is 19.2. The molecule has 0 spiro atoms. The topological polar surface area (TPSA) is 65.1 Å². The van der Waals surface area contributed by atoms with E-state index in [1.807, 2.05) is 36.4 Å². The summed E-state index contributed by atoms with van der Waals surface area (Å²) >= 11 is 6.01. The van der Waals surface area contributed by atoms with Crippen LogP contribution in [0.15, 0.2) is 65.9 Å². The van der Waals surface area contributed by atoms with Gasteiger partial charge in [0.25, 0.3) is 0 Å². The normalized spacial score (nSPS) is 20.0. The third-order valence-corrected chi connectivity index (χ3v) is 5.13. The molecule has 0 fully saturated rings. The summed E-state index contributed by atoms with van der Waals surface area (Å²) in [7, 11) is 2.54. The highest BCUT2D eigenvalue weighted by atomic mass is 35.5. The Morgan fingerprint density at radius 2 is 1.69 bits per heavy atom. The predicted octanol–water partition coefficient (Wildman–Crippen LogP) is 3.87. The van der Waals surface area contributed by atoms with E-state index >= 15 is 0 Å². The monoisotopic (exact) mass is 411 g/mol. The summed E-state index contributed by atoms with van der Waals surface area (Å²) in [5, 5.41) is 0.550. The Morgan fingerprint density at radius 3 is 2.38 bits per heavy atom. The summed E-state index contributed by atoms with van der Waals surface area (Å²) in [5.74, 6) is -1.32. The maximum Gasteiger partial charge on any atom is 0.355 e. The van der Waals surface area contributed by atoms with Gasteiger partial charge in [0.2, 0.25) is 0 Å². The lowest BCUT2D eigenvalue weighted by Gasteiger charge is -2.42. The van der Waals surface area contributed by atoms with Crippen molar-refractivity contribution in [1.82, 2.24) is 0 Å². The Morgan fingerprint density at radius 1 is 1.00 bits per heavy atom. The van der Waals surface area contributed by atoms with Gasteiger partial charge in [-0.15, -0.1) is 0 Å². The summed E-state index contributed by atoms with van der Waals surface area (Å²) in [6.07, 6.45) is 2.33. The van der Waals surface area contributed by atoms with Crippen molar-refractivity contribution in [2.75, 3.05) is 19.1 Å². The molecular formula is C22H18ClNO5. The van der Waals surface area contributed by atoms with E-state index in [0.29, 0.717) is 10.6 Å². The molecule has 6 nitrogen and oxygen atoms in total. The molecule has 0 radical (unpaired) electrons. The summed E-state index contributed by atoms with van der Waals surface area (Å²) in [4.78, 5) is 27.3. The Bertz CT molecular complexity index is 1030. The smallest absolute Gasteiger partial charge is 0.355 e. The molecule has 0 saturated heterocycles. The molecule has 0 saturated carbocycles. The number of benzene rings is 2. The molecule has 29 heavy (non-hydrogen) atoms. The second-order valence-electron chi connectivity index (χ2n) is 6.49. The lowest BCUT2D eigenvalue weighted by Crippen LogP contribution is -2.47. The lowest BCUT2D eigenvalue weighted by molar-refractivity contribution is -0.142. The van der Waals surface area contributed by atoms with E-state index in [4.69, 9.17) is 25.8 Å². The minimum atomic E-state index is -0.829. The van der Waals surface area contributed by atoms with Crippen LogP contribution in [0.2, 0.25) is 5.02 Å². The molecule has 2 aliphatic rings. The van der Waals surface area contributed by atoms with Crippen LogP contribution in [-0.4, -0.2) is 32.4 Å². The van der Waals surface area contributed by atoms with E-state index in [0.717, 1.165) is 11.3 Å². The number of hydrogen-bond acceptors (Lipinski definition) is 6. The van der Waals surface area contributed by atoms with Gasteiger partial charge < -0.3 is 19.1 Å². The molecule has 148 valence electrons. The van der Waals surface area contributed by atoms with E-state index in [1.54, 1.807) is 29.2 Å². The third kappa shape index (κ3) is 3.30. The van der Waals surface area contributed by atoms with Crippen molar-refractivity contribution < 1.29 is 23.8 Å². The first-order valence-electron chi connectivity index (χ1n) is 8.93. The van der Waals surface area contributed by atoms with Crippen LogP contribution in [-0.2, 0) is 23.8 Å². The zero-order valence-electron chi connectivity index (χ0n) is 15.8. The van der Waals surface area contributed by atoms with Crippen molar-refractivity contribution in [3.8, 4) is 0 Å². The molecule has 2 aromatic rings. The fourth-order valence-corrected chi connectivity index (χ4v) is 3.70. The van der Waals surface area contributed by atoms with Crippen molar-refractivity contribution in [3.63, 3.8) is 0 Å². The molecule has 0 amide bonds. The number of methoxy groups -OCH3 is 2. The average Bonchev–Trinajstić information content (AvgIpc) is 2.77. The molecule has 2 aliphatic heterocycles. The highest BCUT2D eigenvalue weighted by molar-refractivity contribution is 6.30. The largest absolute Gasteiger partial charge is 0.466 e. The number of rotatable bonds is 3. The summed E-state index contributed by atoms with van der Waals surface area (Å²) in [5.41, 5.74) is 2.46. The van der Waals surface area contributed by atoms with Crippen molar-refractivity contribution in [3.05, 3.63) is 82.0 Å². The zero-order chi connectivity index (χ0) is 20.5. The van der Waals surface area contributed by atoms with Gasteiger partial charge in [-0.2, -0.15) is 0 Å². The third-order valence-electron chi connectivity index (χ3n) is 4.88. The molecule has 0 aromatic heterocycles. The zero-order valence-corrected chi connectivity index (χ0v) is 16.6. The summed E-state index contributed by atoms with van der Waals surface area (Å²) < 4.78 is 16.3. The van der Waals surface area contributed by atoms with Crippen LogP contribution < -0.4 is 4.90 Å². The molecule has 0 bridgehead atoms. The molecule has 2 atom stereocenters. The van der Waals surface area contributed by atoms with Gasteiger partial charge in [0.15, 0.2) is 6.23 Å². The molecule has 0 aliphatic carbocycles. The number of nitrogens with zero attached hydrogens (tertiary/aromatic N) is 1. The van der Waals surface area contributed by atoms with E-state index in [9.17, 15) is 9.59 Å². The van der Waals surface area contributed by atoms with E-state index in [2.05, 4.69) is 0 Å². The number of carbonyl (C=O) groups excluding carboxylic acids is 2. The van der Waals surface area contributed by atoms with Gasteiger partial charge in [0.05, 0.1) is 19.9 Å². The van der Waals surface area contributed by atoms with Gasteiger partial charge in [0, 0.05) is 5.02 Å². The number of anilines is 1. The second-order valence-corrected chi connectivity index (χ2v) is 6.93. The molecule has 2 heterocycles. The number of para-hydroxylation sites is 1. The number of esters is 2. The Hall–Kier alpha value is -3.09. The SMILES string of the molecule is COC(=O)C1=C(C(=O)OC)N2c3ccccc3C=C[C@@H]2O[C@@H]1c1ccc(Cl)cc1. The number of ether oxygens (including phenoxy) is 3. The van der Waals surface area contributed by atoms with E-state index in [-0.39, 0.29) is 11.3 Å². The summed E-state index contributed by atoms with van der Waals surface area (Å²) in [6, 6.07) is 14.4. The molecule has 0 unspecified atom stereocenters. The fraction of sp³-hybridized carbons (Fsp3) is 0.182. The van der Waals surface area contributed by atoms with Crippen molar-refractivity contribution in [1.29, 1.82) is 0 Å². The number of halogens is 1. The maximum atomic E-state index is 12.9. The van der Waals surface area contributed by atoms with Crippen LogP contribution in [0.1, 0.15) is 17.2 Å². The number of carbonyl (C=O) groups is 2. The van der Waals surface area contributed by atoms with Gasteiger partial charge in [-0.3, -0.25) is 0 Å². The first-order valence-corrected chi connectivity index (χ1v) is 9.31. The second kappa shape index (κ2) is 7.73. The highest BCUT2D eigenvalue weighted by Crippen LogP contribution is 2.43. The van der Waals surface area contributed by atoms with Crippen molar-refractivity contribution >= 4 is 35.3 Å². The highest BCUT2D eigenvalue weighted by Gasteiger charge is 2.44. The number of hydrogen-bond donors (Lipinski definition) is 0. The summed E-state index contributed by atoms with van der Waals surface area (Å²) in [6.45, 7) is 0. The standard InChI is InChI=1S/C22H18ClNO5/c1-27-21(25)18-19(22(26)28-2)24-16-6-4-3-5-13(16)9-12-17(24)29-20(18)14-7-10-15(23)11-8-14/h3-12,17,20H,1-2H3/t17-,20+/m0/s1. The quantitative estimate of drug-likeness (QED) is 0.714. The molecule has 7 heteroatoms. The minimum absolute atomic E-state index is 0.0722. The van der Waals surface area contributed by atoms with Crippen LogP contribution in [0.5, 0.6) is 0 Å². The van der Waals surface area contributed by atoms with Crippen LogP contribution in [0.4, 0.5) is 5.69 Å². The van der Waals surface area contributed by atoms with Crippen LogP contribution in [0.25, 0.3) is 6.08 Å². The molecule has 0 N–H and O–H groups in total. The Labute approximate surface area is 172 Å². The van der Waals surface area contributed by atoms with Crippen LogP contribution in [0.3, 0.4) is 0 Å². The van der Waals surface area contributed by atoms with E-state index in [1.165, 1.54) is 14.2 Å². The van der Waals surface area contributed by atoms with Gasteiger partial charge >= 0.3 is 11.9 Å². The van der Waals surface area contributed by atoms with Gasteiger partial charge in [0.1, 0.15) is 17.4 Å². The van der Waals surface area contributed by atoms with Gasteiger partial charge in [-0.1, -0.05) is 48.0 Å². The van der Waals surface area contributed by atoms with Crippen LogP contribution in [0, 0.1) is 0 Å². The van der Waals surface area contributed by atoms with E-state index < -0.39 is 24.3 Å². The Kier molecular flexibility index (Phi) is 5.13. The number of fused-ring (bicyclic) bond motifs is 3. The van der Waals surface area contributed by atoms with Gasteiger partial charge in [-0.25, -0.2) is 9.59 Å². The Balaban J connectivity index is 1.97. The molecule has 4 rings (SSSR count). The van der Waals surface area contributed by atoms with Crippen molar-refractivity contribution in [2.45, 2.75) is 12.3 Å². The average molecular weight is 412 g/mol. The maximum absolute atomic E-state index is 12.9. The van der Waals surface area contributed by atoms with Crippen molar-refractivity contribution in [2.24, 2.45) is 0 Å². The van der Waals surface area contributed by atoms with Crippen LogP contribution >= 0.6 is 11.6 Å².